The SMILES string of the molecule is COC(=O)C(C)(C/C=C(\c1ccc(C)cc1)[Si](C)(C)C)C(=O)OC. The number of aryl methyl sites for hydroxylation is 1. The summed E-state index contributed by atoms with van der Waals surface area (Å²) in [5.74, 6) is -1.16. The van der Waals surface area contributed by atoms with Crippen molar-refractivity contribution in [3.8, 4) is 0 Å². The topological polar surface area (TPSA) is 52.6 Å². The van der Waals surface area contributed by atoms with Crippen LogP contribution in [0.15, 0.2) is 30.3 Å². The van der Waals surface area contributed by atoms with Crippen molar-refractivity contribution in [2.24, 2.45) is 5.41 Å². The van der Waals surface area contributed by atoms with Gasteiger partial charge in [0.05, 0.1) is 22.3 Å². The number of allylic oxidation sites excluding steroid dienone is 1. The average Bonchev–Trinajstić information content (AvgIpc) is 2.53. The van der Waals surface area contributed by atoms with Crippen molar-refractivity contribution < 1.29 is 19.1 Å². The lowest BCUT2D eigenvalue weighted by molar-refractivity contribution is -0.167. The minimum atomic E-state index is -1.68. The van der Waals surface area contributed by atoms with Crippen LogP contribution in [0.4, 0.5) is 0 Å². The summed E-state index contributed by atoms with van der Waals surface area (Å²) < 4.78 is 9.64. The second-order valence-corrected chi connectivity index (χ2v) is 12.3. The van der Waals surface area contributed by atoms with Gasteiger partial charge in [-0.05, 0) is 25.8 Å². The first-order valence-electron chi connectivity index (χ1n) is 8.00. The van der Waals surface area contributed by atoms with E-state index in [1.807, 2.05) is 13.0 Å². The molecular weight excluding hydrogens is 320 g/mol. The maximum Gasteiger partial charge on any atom is 0.323 e. The van der Waals surface area contributed by atoms with Crippen LogP contribution in [0.2, 0.25) is 19.6 Å². The highest BCUT2D eigenvalue weighted by molar-refractivity contribution is 6.93. The monoisotopic (exact) mass is 348 g/mol. The summed E-state index contributed by atoms with van der Waals surface area (Å²) in [5.41, 5.74) is 0.999. The fraction of sp³-hybridized carbons (Fsp3) is 0.474. The molecule has 0 spiro atoms. The number of rotatable bonds is 6. The van der Waals surface area contributed by atoms with Crippen LogP contribution in [0.25, 0.3) is 5.20 Å². The van der Waals surface area contributed by atoms with Crippen molar-refractivity contribution >= 4 is 25.2 Å². The third-order valence-electron chi connectivity index (χ3n) is 4.16. The second kappa shape index (κ2) is 7.79. The third kappa shape index (κ3) is 4.57. The quantitative estimate of drug-likeness (QED) is 0.443. The van der Waals surface area contributed by atoms with Gasteiger partial charge in [0.25, 0.3) is 0 Å². The molecule has 4 nitrogen and oxygen atoms in total. The average molecular weight is 349 g/mol. The predicted octanol–water partition coefficient (Wildman–Crippen LogP) is 4.00. The molecule has 0 aliphatic heterocycles. The molecule has 0 fully saturated rings. The number of hydrogen-bond acceptors (Lipinski definition) is 4. The second-order valence-electron chi connectivity index (χ2n) is 7.25. The van der Waals surface area contributed by atoms with Crippen LogP contribution < -0.4 is 0 Å². The van der Waals surface area contributed by atoms with Gasteiger partial charge in [0, 0.05) is 0 Å². The molecule has 1 aromatic rings. The summed E-state index contributed by atoms with van der Waals surface area (Å²) in [7, 11) is 0.891. The van der Waals surface area contributed by atoms with E-state index in [0.717, 1.165) is 5.56 Å². The Morgan fingerprint density at radius 1 is 1.04 bits per heavy atom. The van der Waals surface area contributed by atoms with Crippen LogP contribution >= 0.6 is 0 Å². The number of carbonyl (C=O) groups excluding carboxylic acids is 2. The van der Waals surface area contributed by atoms with Crippen LogP contribution in [0.5, 0.6) is 0 Å². The van der Waals surface area contributed by atoms with Crippen LogP contribution in [0.1, 0.15) is 24.5 Å². The van der Waals surface area contributed by atoms with Gasteiger partial charge in [-0.2, -0.15) is 0 Å². The molecule has 1 aromatic carbocycles. The van der Waals surface area contributed by atoms with Crippen molar-refractivity contribution in [1.29, 1.82) is 0 Å². The van der Waals surface area contributed by atoms with E-state index in [1.165, 1.54) is 25.0 Å². The first-order valence-corrected chi connectivity index (χ1v) is 11.5. The van der Waals surface area contributed by atoms with Gasteiger partial charge in [-0.25, -0.2) is 0 Å². The van der Waals surface area contributed by atoms with Crippen LogP contribution in [-0.4, -0.2) is 34.2 Å². The molecule has 0 saturated carbocycles. The Morgan fingerprint density at radius 2 is 1.50 bits per heavy atom. The molecule has 0 saturated heterocycles. The summed E-state index contributed by atoms with van der Waals surface area (Å²) in [5, 5.41) is 1.21. The molecule has 0 atom stereocenters. The van der Waals surface area contributed by atoms with Crippen LogP contribution in [0, 0.1) is 12.3 Å². The van der Waals surface area contributed by atoms with E-state index in [4.69, 9.17) is 9.47 Å². The Hall–Kier alpha value is -1.88. The minimum absolute atomic E-state index is 0.250. The summed E-state index contributed by atoms with van der Waals surface area (Å²) in [6, 6.07) is 8.33. The molecule has 0 amide bonds. The molecule has 0 aromatic heterocycles. The Balaban J connectivity index is 3.30. The summed E-state index contributed by atoms with van der Waals surface area (Å²) >= 11 is 0. The molecule has 132 valence electrons. The molecule has 0 radical (unpaired) electrons. The fourth-order valence-corrected chi connectivity index (χ4v) is 4.34. The molecule has 0 bridgehead atoms. The molecule has 5 heteroatoms. The maximum atomic E-state index is 12.1. The van der Waals surface area contributed by atoms with Crippen molar-refractivity contribution in [2.45, 2.75) is 39.9 Å². The summed E-state index contributed by atoms with van der Waals surface area (Å²) in [4.78, 5) is 24.3. The largest absolute Gasteiger partial charge is 0.468 e. The molecule has 0 heterocycles. The standard InChI is InChI=1S/C19H28O4Si/c1-14-8-10-15(11-9-14)16(24(5,6)7)12-13-19(2,17(20)22-3)18(21)23-4/h8-12H,13H2,1-7H3/b16-12+. The molecule has 1 rings (SSSR count). The maximum absolute atomic E-state index is 12.1. The highest BCUT2D eigenvalue weighted by Crippen LogP contribution is 2.32. The van der Waals surface area contributed by atoms with Gasteiger partial charge in [0.2, 0.25) is 0 Å². The lowest BCUT2D eigenvalue weighted by Crippen LogP contribution is -2.38. The van der Waals surface area contributed by atoms with Gasteiger partial charge in [0.1, 0.15) is 0 Å². The predicted molar refractivity (Wildman–Crippen MR) is 99.3 cm³/mol. The van der Waals surface area contributed by atoms with E-state index in [1.54, 1.807) is 6.92 Å². The number of carbonyl (C=O) groups is 2. The van der Waals surface area contributed by atoms with Crippen molar-refractivity contribution in [1.82, 2.24) is 0 Å². The summed E-state index contributed by atoms with van der Waals surface area (Å²) in [6.07, 6.45) is 2.25. The summed E-state index contributed by atoms with van der Waals surface area (Å²) in [6.45, 7) is 10.3. The zero-order valence-corrected chi connectivity index (χ0v) is 16.7. The lowest BCUT2D eigenvalue weighted by Gasteiger charge is -2.26. The third-order valence-corrected chi connectivity index (χ3v) is 6.27. The number of ether oxygens (including phenoxy) is 2. The Bertz CT molecular complexity index is 608. The van der Waals surface area contributed by atoms with E-state index in [9.17, 15) is 9.59 Å². The molecular formula is C19H28O4Si. The zero-order valence-electron chi connectivity index (χ0n) is 15.7. The Morgan fingerprint density at radius 3 is 1.88 bits per heavy atom. The van der Waals surface area contributed by atoms with E-state index >= 15 is 0 Å². The fourth-order valence-electron chi connectivity index (χ4n) is 2.60. The van der Waals surface area contributed by atoms with Crippen LogP contribution in [0.3, 0.4) is 0 Å². The van der Waals surface area contributed by atoms with Gasteiger partial charge in [-0.1, -0.05) is 60.7 Å². The minimum Gasteiger partial charge on any atom is -0.468 e. The van der Waals surface area contributed by atoms with Crippen molar-refractivity contribution in [3.05, 3.63) is 41.5 Å². The van der Waals surface area contributed by atoms with Gasteiger partial charge in [0.15, 0.2) is 5.41 Å². The van der Waals surface area contributed by atoms with E-state index < -0.39 is 25.4 Å². The molecule has 0 N–H and O–H groups in total. The number of methoxy groups -OCH3 is 2. The smallest absolute Gasteiger partial charge is 0.323 e. The number of esters is 2. The Kier molecular flexibility index (Phi) is 6.55. The zero-order chi connectivity index (χ0) is 18.5. The lowest BCUT2D eigenvalue weighted by atomic mass is 9.86. The van der Waals surface area contributed by atoms with E-state index in [0.29, 0.717) is 0 Å². The molecule has 24 heavy (non-hydrogen) atoms. The highest BCUT2D eigenvalue weighted by atomic mass is 28.3. The molecule has 0 aliphatic carbocycles. The number of hydrogen-bond donors (Lipinski definition) is 0. The first kappa shape index (κ1) is 20.2. The number of benzene rings is 1. The first-order chi connectivity index (χ1) is 11.1. The van der Waals surface area contributed by atoms with Gasteiger partial charge < -0.3 is 9.47 Å². The molecule has 0 aliphatic rings. The van der Waals surface area contributed by atoms with E-state index in [-0.39, 0.29) is 6.42 Å². The highest BCUT2D eigenvalue weighted by Gasteiger charge is 2.43. The van der Waals surface area contributed by atoms with Gasteiger partial charge >= 0.3 is 11.9 Å². The normalized spacial score (nSPS) is 12.7. The van der Waals surface area contributed by atoms with E-state index in [2.05, 4.69) is 43.9 Å². The van der Waals surface area contributed by atoms with Crippen LogP contribution in [-0.2, 0) is 19.1 Å². The Labute approximate surface area is 145 Å². The van der Waals surface area contributed by atoms with Crippen molar-refractivity contribution in [3.63, 3.8) is 0 Å². The molecule has 0 unspecified atom stereocenters. The van der Waals surface area contributed by atoms with Gasteiger partial charge in [-0.15, -0.1) is 0 Å². The van der Waals surface area contributed by atoms with Gasteiger partial charge in [-0.3, -0.25) is 9.59 Å². The van der Waals surface area contributed by atoms with Crippen molar-refractivity contribution in [2.75, 3.05) is 14.2 Å².